The zero-order chi connectivity index (χ0) is 14.6. The van der Waals surface area contributed by atoms with Gasteiger partial charge in [-0.05, 0) is 31.5 Å². The van der Waals surface area contributed by atoms with Gasteiger partial charge in [-0.3, -0.25) is 0 Å². The van der Waals surface area contributed by atoms with Crippen LogP contribution in [0, 0.1) is 0 Å². The van der Waals surface area contributed by atoms with Crippen molar-refractivity contribution in [1.82, 2.24) is 4.90 Å². The number of nitrogens with zero attached hydrogens (tertiary/aromatic N) is 1. The molecule has 0 saturated carbocycles. The summed E-state index contributed by atoms with van der Waals surface area (Å²) in [6.07, 6.45) is 0.816. The van der Waals surface area contributed by atoms with Gasteiger partial charge in [0.05, 0.1) is 11.3 Å². The molecule has 0 aromatic heterocycles. The Morgan fingerprint density at radius 1 is 1.47 bits per heavy atom. The van der Waals surface area contributed by atoms with Crippen molar-refractivity contribution in [2.75, 3.05) is 12.4 Å². The van der Waals surface area contributed by atoms with Crippen LogP contribution in [-0.4, -0.2) is 35.1 Å². The monoisotopic (exact) mass is 284 g/mol. The normalized spacial score (nSPS) is 11.8. The minimum atomic E-state index is -1.14. The first-order valence-electron chi connectivity index (χ1n) is 5.93. The van der Waals surface area contributed by atoms with E-state index in [9.17, 15) is 9.59 Å². The van der Waals surface area contributed by atoms with Crippen LogP contribution in [-0.2, 0) is 0 Å². The number of urea groups is 1. The van der Waals surface area contributed by atoms with E-state index in [1.807, 2.05) is 13.8 Å². The number of hydrogen-bond acceptors (Lipinski definition) is 2. The number of hydrogen-bond donors (Lipinski definition) is 2. The number of aromatic carboxylic acids is 1. The van der Waals surface area contributed by atoms with Gasteiger partial charge in [0.25, 0.3) is 0 Å². The smallest absolute Gasteiger partial charge is 0.337 e. The number of carbonyl (C=O) groups is 2. The van der Waals surface area contributed by atoms with E-state index in [2.05, 4.69) is 5.32 Å². The third kappa shape index (κ3) is 3.86. The SMILES string of the molecule is CCC(C)N(C)C(=O)Nc1ccc(Cl)cc1C(=O)O. The molecular formula is C13H17ClN2O3. The van der Waals surface area contributed by atoms with Gasteiger partial charge in [-0.2, -0.15) is 0 Å². The van der Waals surface area contributed by atoms with Gasteiger partial charge in [0.15, 0.2) is 0 Å². The summed E-state index contributed by atoms with van der Waals surface area (Å²) in [6, 6.07) is 4.05. The standard InChI is InChI=1S/C13H17ClN2O3/c1-4-8(2)16(3)13(19)15-11-6-5-9(14)7-10(11)12(17)18/h5-8H,4H2,1-3H3,(H,15,19)(H,17,18). The Balaban J connectivity index is 2.94. The molecule has 0 bridgehead atoms. The second-order valence-electron chi connectivity index (χ2n) is 4.29. The maximum absolute atomic E-state index is 12.0. The van der Waals surface area contributed by atoms with Crippen LogP contribution in [0.5, 0.6) is 0 Å². The number of anilines is 1. The van der Waals surface area contributed by atoms with Crippen LogP contribution < -0.4 is 5.32 Å². The van der Waals surface area contributed by atoms with Gasteiger partial charge in [-0.1, -0.05) is 18.5 Å². The summed E-state index contributed by atoms with van der Waals surface area (Å²) >= 11 is 5.75. The third-order valence-electron chi connectivity index (χ3n) is 3.03. The Bertz CT molecular complexity index is 491. The van der Waals surface area contributed by atoms with Crippen LogP contribution in [0.4, 0.5) is 10.5 Å². The molecule has 1 aromatic carbocycles. The van der Waals surface area contributed by atoms with Crippen molar-refractivity contribution in [1.29, 1.82) is 0 Å². The van der Waals surface area contributed by atoms with E-state index < -0.39 is 5.97 Å². The molecule has 19 heavy (non-hydrogen) atoms. The molecule has 2 N–H and O–H groups in total. The van der Waals surface area contributed by atoms with Crippen molar-refractivity contribution in [3.05, 3.63) is 28.8 Å². The van der Waals surface area contributed by atoms with E-state index in [0.29, 0.717) is 5.02 Å². The highest BCUT2D eigenvalue weighted by molar-refractivity contribution is 6.31. The number of carbonyl (C=O) groups excluding carboxylic acids is 1. The molecule has 0 radical (unpaired) electrons. The molecule has 1 unspecified atom stereocenters. The van der Waals surface area contributed by atoms with E-state index in [1.54, 1.807) is 7.05 Å². The fraction of sp³-hybridized carbons (Fsp3) is 0.385. The van der Waals surface area contributed by atoms with E-state index >= 15 is 0 Å². The lowest BCUT2D eigenvalue weighted by atomic mass is 10.2. The van der Waals surface area contributed by atoms with Crippen molar-refractivity contribution >= 4 is 29.3 Å². The summed E-state index contributed by atoms with van der Waals surface area (Å²) in [5, 5.41) is 12.0. The topological polar surface area (TPSA) is 69.6 Å². The lowest BCUT2D eigenvalue weighted by molar-refractivity contribution is 0.0698. The summed E-state index contributed by atoms with van der Waals surface area (Å²) in [5.41, 5.74) is 0.204. The number of rotatable bonds is 4. The number of carboxylic acid groups (broad SMARTS) is 1. The van der Waals surface area contributed by atoms with Crippen LogP contribution in [0.2, 0.25) is 5.02 Å². The van der Waals surface area contributed by atoms with Crippen molar-refractivity contribution in [2.45, 2.75) is 26.3 Å². The number of amides is 2. The number of benzene rings is 1. The molecule has 0 aliphatic rings. The largest absolute Gasteiger partial charge is 0.478 e. The van der Waals surface area contributed by atoms with Crippen LogP contribution >= 0.6 is 11.6 Å². The van der Waals surface area contributed by atoms with E-state index in [4.69, 9.17) is 16.7 Å². The van der Waals surface area contributed by atoms with Crippen LogP contribution in [0.1, 0.15) is 30.6 Å². The maximum atomic E-state index is 12.0. The fourth-order valence-corrected chi connectivity index (χ4v) is 1.65. The molecule has 2 amide bonds. The summed E-state index contributed by atoms with van der Waals surface area (Å²) < 4.78 is 0. The first-order valence-corrected chi connectivity index (χ1v) is 6.31. The Morgan fingerprint density at radius 2 is 2.11 bits per heavy atom. The molecule has 1 rings (SSSR count). The highest BCUT2D eigenvalue weighted by Crippen LogP contribution is 2.21. The maximum Gasteiger partial charge on any atom is 0.337 e. The average Bonchev–Trinajstić information content (AvgIpc) is 2.38. The third-order valence-corrected chi connectivity index (χ3v) is 3.26. The van der Waals surface area contributed by atoms with Gasteiger partial charge >= 0.3 is 12.0 Å². The first-order chi connectivity index (χ1) is 8.86. The summed E-state index contributed by atoms with van der Waals surface area (Å²) in [4.78, 5) is 24.6. The highest BCUT2D eigenvalue weighted by Gasteiger charge is 2.17. The number of carboxylic acids is 1. The predicted molar refractivity (Wildman–Crippen MR) is 74.9 cm³/mol. The minimum absolute atomic E-state index is 0.0293. The number of halogens is 1. The summed E-state index contributed by atoms with van der Waals surface area (Å²) in [5.74, 6) is -1.14. The predicted octanol–water partition coefficient (Wildman–Crippen LogP) is 3.30. The molecule has 0 heterocycles. The average molecular weight is 285 g/mol. The zero-order valence-corrected chi connectivity index (χ0v) is 11.9. The molecule has 0 aliphatic heterocycles. The molecule has 1 aromatic rings. The first kappa shape index (κ1) is 15.3. The molecule has 104 valence electrons. The molecular weight excluding hydrogens is 268 g/mol. The van der Waals surface area contributed by atoms with Gasteiger partial charge in [0.2, 0.25) is 0 Å². The zero-order valence-electron chi connectivity index (χ0n) is 11.1. The second-order valence-corrected chi connectivity index (χ2v) is 4.73. The second kappa shape index (κ2) is 6.43. The van der Waals surface area contributed by atoms with Crippen molar-refractivity contribution in [3.8, 4) is 0 Å². The molecule has 5 nitrogen and oxygen atoms in total. The molecule has 1 atom stereocenters. The molecule has 0 aliphatic carbocycles. The lowest BCUT2D eigenvalue weighted by Gasteiger charge is -2.24. The Morgan fingerprint density at radius 3 is 2.63 bits per heavy atom. The van der Waals surface area contributed by atoms with Gasteiger partial charge in [-0.25, -0.2) is 9.59 Å². The van der Waals surface area contributed by atoms with Gasteiger partial charge in [0.1, 0.15) is 0 Å². The van der Waals surface area contributed by atoms with Gasteiger partial charge in [-0.15, -0.1) is 0 Å². The molecule has 6 heteroatoms. The van der Waals surface area contributed by atoms with Crippen molar-refractivity contribution in [3.63, 3.8) is 0 Å². The Kier molecular flexibility index (Phi) is 5.18. The van der Waals surface area contributed by atoms with E-state index in [0.717, 1.165) is 6.42 Å². The Hall–Kier alpha value is -1.75. The van der Waals surface area contributed by atoms with E-state index in [1.165, 1.54) is 23.1 Å². The highest BCUT2D eigenvalue weighted by atomic mass is 35.5. The molecule has 0 saturated heterocycles. The quantitative estimate of drug-likeness (QED) is 0.891. The minimum Gasteiger partial charge on any atom is -0.478 e. The van der Waals surface area contributed by atoms with Crippen LogP contribution in [0.3, 0.4) is 0 Å². The van der Waals surface area contributed by atoms with Crippen LogP contribution in [0.25, 0.3) is 0 Å². The summed E-state index contributed by atoms with van der Waals surface area (Å²) in [6.45, 7) is 3.89. The van der Waals surface area contributed by atoms with Gasteiger partial charge in [0, 0.05) is 18.1 Å². The van der Waals surface area contributed by atoms with Crippen molar-refractivity contribution < 1.29 is 14.7 Å². The van der Waals surface area contributed by atoms with Gasteiger partial charge < -0.3 is 15.3 Å². The summed E-state index contributed by atoms with van der Waals surface area (Å²) in [7, 11) is 1.67. The molecule has 0 fully saturated rings. The van der Waals surface area contributed by atoms with Crippen molar-refractivity contribution in [2.24, 2.45) is 0 Å². The Labute approximate surface area is 117 Å². The lowest BCUT2D eigenvalue weighted by Crippen LogP contribution is -2.38. The van der Waals surface area contributed by atoms with E-state index in [-0.39, 0.29) is 23.3 Å². The molecule has 0 spiro atoms. The number of nitrogens with one attached hydrogen (secondary N) is 1. The fourth-order valence-electron chi connectivity index (χ4n) is 1.48. The van der Waals surface area contributed by atoms with Crippen LogP contribution in [0.15, 0.2) is 18.2 Å².